The van der Waals surface area contributed by atoms with Crippen molar-refractivity contribution in [3.8, 4) is 0 Å². The van der Waals surface area contributed by atoms with Gasteiger partial charge in [0.15, 0.2) is 0 Å². The van der Waals surface area contributed by atoms with E-state index in [0.717, 1.165) is 0 Å². The average Bonchev–Trinajstić information content (AvgIpc) is 2.02. The van der Waals surface area contributed by atoms with Crippen LogP contribution in [0.3, 0.4) is 0 Å². The summed E-state index contributed by atoms with van der Waals surface area (Å²) in [5, 5.41) is 14.4. The molecule has 4 nitrogen and oxygen atoms in total. The summed E-state index contributed by atoms with van der Waals surface area (Å²) in [6.07, 6.45) is 0. The third-order valence-electron chi connectivity index (χ3n) is 1.77. The zero-order valence-electron chi connectivity index (χ0n) is 9.71. The van der Waals surface area contributed by atoms with Gasteiger partial charge in [0.2, 0.25) is 0 Å². The van der Waals surface area contributed by atoms with Crippen molar-refractivity contribution < 1.29 is 0 Å². The molecule has 0 amide bonds. The van der Waals surface area contributed by atoms with Gasteiger partial charge in [-0.25, -0.2) is 0 Å². The molecular weight excluding hydrogens is 223 g/mol. The molecule has 0 bridgehead atoms. The SMILES string of the molecule is CNC(C)(C)N=NC(C)(C)NC.Cl.Cl. The van der Waals surface area contributed by atoms with Gasteiger partial charge in [-0.1, -0.05) is 0 Å². The molecule has 0 aliphatic carbocycles. The molecule has 6 heteroatoms. The molecule has 0 radical (unpaired) electrons. The highest BCUT2D eigenvalue weighted by molar-refractivity contribution is 5.85. The third-order valence-corrected chi connectivity index (χ3v) is 1.77. The van der Waals surface area contributed by atoms with E-state index < -0.39 is 0 Å². The second kappa shape index (κ2) is 7.40. The molecule has 2 N–H and O–H groups in total. The molecule has 0 aromatic heterocycles. The molecule has 0 aromatic carbocycles. The van der Waals surface area contributed by atoms with Crippen molar-refractivity contribution >= 4 is 24.8 Å². The van der Waals surface area contributed by atoms with Crippen LogP contribution in [0.1, 0.15) is 27.7 Å². The first kappa shape index (κ1) is 19.6. The van der Waals surface area contributed by atoms with E-state index in [2.05, 4.69) is 20.9 Å². The molecule has 88 valence electrons. The number of azo groups is 1. The van der Waals surface area contributed by atoms with Crippen LogP contribution < -0.4 is 10.6 Å². The van der Waals surface area contributed by atoms with Gasteiger partial charge in [-0.3, -0.25) is 10.6 Å². The Morgan fingerprint density at radius 2 is 0.929 bits per heavy atom. The number of hydrogen-bond acceptors (Lipinski definition) is 4. The average molecular weight is 245 g/mol. The van der Waals surface area contributed by atoms with Crippen LogP contribution in [-0.4, -0.2) is 25.4 Å². The summed E-state index contributed by atoms with van der Waals surface area (Å²) in [7, 11) is 3.73. The molecule has 0 aliphatic heterocycles. The monoisotopic (exact) mass is 244 g/mol. The van der Waals surface area contributed by atoms with Gasteiger partial charge in [-0.15, -0.1) is 24.8 Å². The summed E-state index contributed by atoms with van der Waals surface area (Å²) in [4.78, 5) is 0. The van der Waals surface area contributed by atoms with Crippen molar-refractivity contribution in [1.29, 1.82) is 0 Å². The van der Waals surface area contributed by atoms with E-state index in [9.17, 15) is 0 Å². The lowest BCUT2D eigenvalue weighted by Crippen LogP contribution is -2.37. The van der Waals surface area contributed by atoms with Gasteiger partial charge >= 0.3 is 0 Å². The Hall–Kier alpha value is 0.1000. The Balaban J connectivity index is -0.000000605. The molecule has 0 atom stereocenters. The highest BCUT2D eigenvalue weighted by atomic mass is 35.5. The fourth-order valence-corrected chi connectivity index (χ4v) is 0.350. The quantitative estimate of drug-likeness (QED) is 0.746. The van der Waals surface area contributed by atoms with Gasteiger partial charge in [0.1, 0.15) is 11.3 Å². The fraction of sp³-hybridized carbons (Fsp3) is 1.00. The highest BCUT2D eigenvalue weighted by Gasteiger charge is 2.17. The molecule has 0 spiro atoms. The second-order valence-corrected chi connectivity index (χ2v) is 3.82. The van der Waals surface area contributed by atoms with Crippen molar-refractivity contribution in [2.75, 3.05) is 14.1 Å². The molecule has 0 fully saturated rings. The van der Waals surface area contributed by atoms with E-state index in [1.54, 1.807) is 0 Å². The smallest absolute Gasteiger partial charge is 0.125 e. The first-order valence-corrected chi connectivity index (χ1v) is 4.15. The van der Waals surface area contributed by atoms with E-state index in [0.29, 0.717) is 0 Å². The van der Waals surface area contributed by atoms with E-state index >= 15 is 0 Å². The summed E-state index contributed by atoms with van der Waals surface area (Å²) in [6, 6.07) is 0. The molecule has 0 aromatic rings. The standard InChI is InChI=1S/C8H20N4.2ClH/c1-7(2,9-5)11-12-8(3,4)10-6;;/h9-10H,1-6H3;2*1H. The zero-order chi connectivity index (χ0) is 9.83. The molecule has 0 saturated heterocycles. The molecular formula is C8H22Cl2N4. The summed E-state index contributed by atoms with van der Waals surface area (Å²) >= 11 is 0. The zero-order valence-corrected chi connectivity index (χ0v) is 11.3. The maximum absolute atomic E-state index is 4.17. The van der Waals surface area contributed by atoms with Gasteiger partial charge in [0.05, 0.1) is 0 Å². The summed E-state index contributed by atoms with van der Waals surface area (Å²) < 4.78 is 0. The fourth-order valence-electron chi connectivity index (χ4n) is 0.350. The van der Waals surface area contributed by atoms with Gasteiger partial charge in [-0.05, 0) is 41.8 Å². The van der Waals surface area contributed by atoms with Crippen LogP contribution in [0.5, 0.6) is 0 Å². The van der Waals surface area contributed by atoms with E-state index in [1.807, 2.05) is 41.8 Å². The number of nitrogens with zero attached hydrogens (tertiary/aromatic N) is 2. The maximum atomic E-state index is 4.17. The van der Waals surface area contributed by atoms with Crippen LogP contribution in [-0.2, 0) is 0 Å². The molecule has 0 aliphatic rings. The van der Waals surface area contributed by atoms with Crippen LogP contribution in [0.2, 0.25) is 0 Å². The predicted molar refractivity (Wildman–Crippen MR) is 65.6 cm³/mol. The number of rotatable bonds is 4. The number of hydrogen-bond donors (Lipinski definition) is 2. The highest BCUT2D eigenvalue weighted by Crippen LogP contribution is 2.09. The van der Waals surface area contributed by atoms with Crippen LogP contribution >= 0.6 is 24.8 Å². The summed E-state index contributed by atoms with van der Waals surface area (Å²) in [6.45, 7) is 7.90. The molecule has 0 heterocycles. The van der Waals surface area contributed by atoms with Gasteiger partial charge in [0, 0.05) is 0 Å². The largest absolute Gasteiger partial charge is 0.295 e. The van der Waals surface area contributed by atoms with Gasteiger partial charge in [-0.2, -0.15) is 10.2 Å². The molecule has 0 saturated carbocycles. The Morgan fingerprint density at radius 1 is 0.714 bits per heavy atom. The number of halogens is 2. The van der Waals surface area contributed by atoms with Crippen molar-refractivity contribution in [3.63, 3.8) is 0 Å². The maximum Gasteiger partial charge on any atom is 0.125 e. The third kappa shape index (κ3) is 8.69. The first-order chi connectivity index (χ1) is 5.33. The van der Waals surface area contributed by atoms with Crippen molar-refractivity contribution in [3.05, 3.63) is 0 Å². The van der Waals surface area contributed by atoms with Crippen molar-refractivity contribution in [1.82, 2.24) is 10.6 Å². The molecule has 0 unspecified atom stereocenters. The lowest BCUT2D eigenvalue weighted by atomic mass is 10.2. The van der Waals surface area contributed by atoms with Crippen LogP contribution in [0, 0.1) is 0 Å². The molecule has 0 rings (SSSR count). The minimum absolute atomic E-state index is 0. The van der Waals surface area contributed by atoms with Gasteiger partial charge < -0.3 is 0 Å². The van der Waals surface area contributed by atoms with Crippen LogP contribution in [0.25, 0.3) is 0 Å². The van der Waals surface area contributed by atoms with Crippen LogP contribution in [0.15, 0.2) is 10.2 Å². The Labute approximate surface area is 99.1 Å². The Bertz CT molecular complexity index is 151. The minimum atomic E-state index is -0.284. The minimum Gasteiger partial charge on any atom is -0.295 e. The second-order valence-electron chi connectivity index (χ2n) is 3.82. The van der Waals surface area contributed by atoms with E-state index in [1.165, 1.54) is 0 Å². The lowest BCUT2D eigenvalue weighted by molar-refractivity contribution is 0.356. The summed E-state index contributed by atoms with van der Waals surface area (Å²) in [5.74, 6) is 0. The van der Waals surface area contributed by atoms with Crippen molar-refractivity contribution in [2.24, 2.45) is 10.2 Å². The number of nitrogens with one attached hydrogen (secondary N) is 2. The normalized spacial score (nSPS) is 12.1. The summed E-state index contributed by atoms with van der Waals surface area (Å²) in [5.41, 5.74) is -0.567. The topological polar surface area (TPSA) is 48.8 Å². The lowest BCUT2D eigenvalue weighted by Gasteiger charge is -2.21. The first-order valence-electron chi connectivity index (χ1n) is 4.15. The molecule has 14 heavy (non-hydrogen) atoms. The van der Waals surface area contributed by atoms with E-state index in [-0.39, 0.29) is 36.1 Å². The van der Waals surface area contributed by atoms with Crippen molar-refractivity contribution in [2.45, 2.75) is 39.0 Å². The van der Waals surface area contributed by atoms with Gasteiger partial charge in [0.25, 0.3) is 0 Å². The van der Waals surface area contributed by atoms with E-state index in [4.69, 9.17) is 0 Å². The van der Waals surface area contributed by atoms with Crippen LogP contribution in [0.4, 0.5) is 0 Å². The Morgan fingerprint density at radius 3 is 1.07 bits per heavy atom. The predicted octanol–water partition coefficient (Wildman–Crippen LogP) is 2.19. The Kier molecular flexibility index (Phi) is 10.4.